The van der Waals surface area contributed by atoms with Crippen molar-refractivity contribution in [3.05, 3.63) is 169 Å². The van der Waals surface area contributed by atoms with Crippen LogP contribution >= 0.6 is 0 Å². The second-order valence-corrected chi connectivity index (χ2v) is 13.9. The molecule has 0 N–H and O–H groups in total. The Morgan fingerprint density at radius 2 is 1.09 bits per heavy atom. The van der Waals surface area contributed by atoms with Crippen molar-refractivity contribution in [3.8, 4) is 45.3 Å². The van der Waals surface area contributed by atoms with Gasteiger partial charge in [0.15, 0.2) is 17.5 Å². The van der Waals surface area contributed by atoms with Gasteiger partial charge in [0.25, 0.3) is 0 Å². The molecule has 0 amide bonds. The first-order valence-electron chi connectivity index (χ1n) is 18.2. The van der Waals surface area contributed by atoms with Crippen molar-refractivity contribution >= 4 is 60.1 Å². The molecule has 0 spiro atoms. The molecule has 53 heavy (non-hydrogen) atoms. The molecule has 0 fully saturated rings. The van der Waals surface area contributed by atoms with Gasteiger partial charge in [-0.05, 0) is 78.8 Å². The van der Waals surface area contributed by atoms with E-state index in [-0.39, 0.29) is 0 Å². The molecule has 0 saturated carbocycles. The molecule has 0 unspecified atom stereocenters. The number of furan rings is 1. The fraction of sp³-hybridized carbons (Fsp3) is 0.0408. The first-order chi connectivity index (χ1) is 26.2. The lowest BCUT2D eigenvalue weighted by molar-refractivity contribution is 0.546. The number of aryl methyl sites for hydroxylation is 1. The van der Waals surface area contributed by atoms with Crippen LogP contribution in [0.3, 0.4) is 0 Å². The van der Waals surface area contributed by atoms with Crippen molar-refractivity contribution in [1.29, 1.82) is 0 Å². The van der Waals surface area contributed by atoms with Crippen LogP contribution in [0, 0.1) is 0 Å². The van der Waals surface area contributed by atoms with Crippen LogP contribution in [-0.4, -0.2) is 15.0 Å². The minimum absolute atomic E-state index is 0.628. The summed E-state index contributed by atoms with van der Waals surface area (Å²) < 4.78 is 6.34. The van der Waals surface area contributed by atoms with E-state index in [0.29, 0.717) is 17.5 Å². The van der Waals surface area contributed by atoms with Gasteiger partial charge in [-0.1, -0.05) is 146 Å². The van der Waals surface area contributed by atoms with Gasteiger partial charge in [-0.25, -0.2) is 15.0 Å². The summed E-state index contributed by atoms with van der Waals surface area (Å²) >= 11 is 0. The average molecular weight is 678 g/mol. The lowest BCUT2D eigenvalue weighted by atomic mass is 9.90. The maximum Gasteiger partial charge on any atom is 0.164 e. The number of aromatic nitrogens is 3. The van der Waals surface area contributed by atoms with Crippen LogP contribution in [0.25, 0.3) is 105 Å². The average Bonchev–Trinajstić information content (AvgIpc) is 3.62. The van der Waals surface area contributed by atoms with E-state index >= 15 is 0 Å². The summed E-state index contributed by atoms with van der Waals surface area (Å²) in [5.74, 6) is 2.91. The van der Waals surface area contributed by atoms with Crippen molar-refractivity contribution in [2.24, 2.45) is 0 Å². The highest BCUT2D eigenvalue weighted by atomic mass is 16.3. The topological polar surface area (TPSA) is 51.8 Å². The molecule has 1 aliphatic carbocycles. The number of hydrogen-bond acceptors (Lipinski definition) is 4. The van der Waals surface area contributed by atoms with Crippen LogP contribution in [0.4, 0.5) is 0 Å². The highest BCUT2D eigenvalue weighted by Crippen LogP contribution is 2.41. The largest absolute Gasteiger partial charge is 0.460 e. The molecule has 0 radical (unpaired) electrons. The van der Waals surface area contributed by atoms with Gasteiger partial charge in [0.05, 0.1) is 0 Å². The van der Waals surface area contributed by atoms with Gasteiger partial charge >= 0.3 is 0 Å². The summed E-state index contributed by atoms with van der Waals surface area (Å²) in [6.45, 7) is 0. The lowest BCUT2D eigenvalue weighted by Gasteiger charge is -2.14. The van der Waals surface area contributed by atoms with Gasteiger partial charge in [0.1, 0.15) is 11.3 Å². The Labute approximate surface area is 305 Å². The molecule has 4 nitrogen and oxygen atoms in total. The Balaban J connectivity index is 1.09. The van der Waals surface area contributed by atoms with E-state index in [2.05, 4.69) is 152 Å². The summed E-state index contributed by atoms with van der Waals surface area (Å²) in [6.07, 6.45) is 6.26. The van der Waals surface area contributed by atoms with Crippen molar-refractivity contribution in [1.82, 2.24) is 15.0 Å². The Kier molecular flexibility index (Phi) is 6.65. The van der Waals surface area contributed by atoms with Crippen molar-refractivity contribution in [2.45, 2.75) is 12.8 Å². The fourth-order valence-electron chi connectivity index (χ4n) is 8.18. The minimum atomic E-state index is 0.628. The fourth-order valence-corrected chi connectivity index (χ4v) is 8.18. The lowest BCUT2D eigenvalue weighted by Crippen LogP contribution is -2.01. The summed E-state index contributed by atoms with van der Waals surface area (Å²) in [7, 11) is 0. The number of fused-ring (bicyclic) bond motifs is 9. The second kappa shape index (κ2) is 11.8. The van der Waals surface area contributed by atoms with E-state index in [4.69, 9.17) is 19.4 Å². The van der Waals surface area contributed by atoms with Crippen molar-refractivity contribution in [2.75, 3.05) is 0 Å². The highest BCUT2D eigenvalue weighted by Gasteiger charge is 2.21. The van der Waals surface area contributed by atoms with Gasteiger partial charge < -0.3 is 4.42 Å². The molecule has 0 aliphatic heterocycles. The van der Waals surface area contributed by atoms with Gasteiger partial charge in [-0.15, -0.1) is 0 Å². The Bertz CT molecular complexity index is 3100. The van der Waals surface area contributed by atoms with E-state index < -0.39 is 0 Å². The van der Waals surface area contributed by atoms with Crippen LogP contribution in [0.5, 0.6) is 0 Å². The molecule has 11 rings (SSSR count). The molecule has 0 atom stereocenters. The van der Waals surface area contributed by atoms with Crippen LogP contribution < -0.4 is 0 Å². The van der Waals surface area contributed by atoms with Gasteiger partial charge in [0.2, 0.25) is 0 Å². The van der Waals surface area contributed by atoms with E-state index in [0.717, 1.165) is 62.8 Å². The van der Waals surface area contributed by atoms with Gasteiger partial charge in [-0.2, -0.15) is 0 Å². The first kappa shape index (κ1) is 29.8. The van der Waals surface area contributed by atoms with E-state index in [1.165, 1.54) is 43.3 Å². The molecule has 2 aromatic heterocycles. The second-order valence-electron chi connectivity index (χ2n) is 13.9. The molecule has 0 bridgehead atoms. The molecule has 10 aromatic rings. The van der Waals surface area contributed by atoms with Crippen LogP contribution in [0.2, 0.25) is 0 Å². The molecule has 8 aromatic carbocycles. The molecule has 248 valence electrons. The van der Waals surface area contributed by atoms with E-state index in [1.807, 2.05) is 12.1 Å². The Hall–Kier alpha value is -6.91. The number of rotatable bonds is 4. The summed E-state index contributed by atoms with van der Waals surface area (Å²) in [4.78, 5) is 15.5. The van der Waals surface area contributed by atoms with E-state index in [9.17, 15) is 0 Å². The number of allylic oxidation sites excluding steroid dienone is 1. The maximum absolute atomic E-state index is 6.34. The molecular formula is C49H31N3O. The Morgan fingerprint density at radius 3 is 1.94 bits per heavy atom. The zero-order valence-corrected chi connectivity index (χ0v) is 28.8. The third-order valence-corrected chi connectivity index (χ3v) is 10.7. The summed E-state index contributed by atoms with van der Waals surface area (Å²) in [5.41, 5.74) is 7.14. The van der Waals surface area contributed by atoms with Crippen molar-refractivity contribution in [3.63, 3.8) is 0 Å². The maximum atomic E-state index is 6.34. The zero-order chi connectivity index (χ0) is 34.9. The molecular weight excluding hydrogens is 647 g/mol. The predicted molar refractivity (Wildman–Crippen MR) is 219 cm³/mol. The minimum Gasteiger partial charge on any atom is -0.460 e. The standard InChI is InChI=1S/C49H31N3O/c1-2-12-34-28-36(25-20-30(34)10-1)48-50-47(51-49(52-48)41-17-9-19-44-46(41)40-16-7-8-18-43(40)53-44)33-23-21-32(22-24-33)42-29-35-13-4-6-15-38(35)45-37-14-5-3-11-31(37)26-27-39(42)45/h1-7,9-17,19-29H,8,18H2. The van der Waals surface area contributed by atoms with Crippen LogP contribution in [0.1, 0.15) is 17.7 Å². The summed E-state index contributed by atoms with van der Waals surface area (Å²) in [6, 6.07) is 53.8. The van der Waals surface area contributed by atoms with Gasteiger partial charge in [-0.3, -0.25) is 0 Å². The number of benzene rings is 8. The third-order valence-electron chi connectivity index (χ3n) is 10.7. The molecule has 2 heterocycles. The van der Waals surface area contributed by atoms with Crippen molar-refractivity contribution < 1.29 is 4.42 Å². The molecule has 1 aliphatic rings. The summed E-state index contributed by atoms with van der Waals surface area (Å²) in [5, 5.41) is 10.9. The third kappa shape index (κ3) is 4.87. The normalized spacial score (nSPS) is 12.7. The quantitative estimate of drug-likeness (QED) is 0.174. The smallest absolute Gasteiger partial charge is 0.164 e. The van der Waals surface area contributed by atoms with Crippen LogP contribution in [0.15, 0.2) is 162 Å². The number of nitrogens with zero attached hydrogens (tertiary/aromatic N) is 3. The van der Waals surface area contributed by atoms with Crippen LogP contribution in [-0.2, 0) is 6.42 Å². The SMILES string of the molecule is C1=Cc2c(oc3cccc(-c4nc(-c5ccc(-c6cc7ccccc7c7c6ccc6ccccc67)cc5)nc(-c5ccc6ccccc6c5)n4)c23)CC1. The van der Waals surface area contributed by atoms with E-state index in [1.54, 1.807) is 0 Å². The number of hydrogen-bond donors (Lipinski definition) is 0. The Morgan fingerprint density at radius 1 is 0.434 bits per heavy atom. The highest BCUT2D eigenvalue weighted by molar-refractivity contribution is 6.24. The zero-order valence-electron chi connectivity index (χ0n) is 28.8. The predicted octanol–water partition coefficient (Wildman–Crippen LogP) is 12.9. The molecule has 0 saturated heterocycles. The molecule has 4 heteroatoms. The first-order valence-corrected chi connectivity index (χ1v) is 18.2. The monoisotopic (exact) mass is 677 g/mol. The van der Waals surface area contributed by atoms with Gasteiger partial charge in [0, 0.05) is 34.1 Å².